The zero-order chi connectivity index (χ0) is 22.5. The van der Waals surface area contributed by atoms with E-state index in [1.54, 1.807) is 14.2 Å². The van der Waals surface area contributed by atoms with Crippen LogP contribution < -0.4 is 15.2 Å². The molecular weight excluding hydrogens is 412 g/mol. The SMILES string of the molecule is CCCc1c(-c2ccc(Cl)cc2)c(C(N)=O)c(C)n1CCc1ccc(OC)c(OC)c1. The highest BCUT2D eigenvalue weighted by atomic mass is 35.5. The van der Waals surface area contributed by atoms with Crippen molar-refractivity contribution in [3.05, 3.63) is 70.0 Å². The Labute approximate surface area is 188 Å². The molecule has 0 aliphatic rings. The molecule has 3 rings (SSSR count). The molecule has 0 saturated carbocycles. The third-order valence-electron chi connectivity index (χ3n) is 5.57. The van der Waals surface area contributed by atoms with Gasteiger partial charge in [-0.2, -0.15) is 0 Å². The number of hydrogen-bond acceptors (Lipinski definition) is 3. The summed E-state index contributed by atoms with van der Waals surface area (Å²) in [6, 6.07) is 13.5. The second-order valence-electron chi connectivity index (χ2n) is 7.49. The topological polar surface area (TPSA) is 66.5 Å². The minimum absolute atomic E-state index is 0.412. The largest absolute Gasteiger partial charge is 0.493 e. The predicted molar refractivity (Wildman–Crippen MR) is 125 cm³/mol. The number of carbonyl (C=O) groups excluding carboxylic acids is 1. The lowest BCUT2D eigenvalue weighted by atomic mass is 9.98. The molecule has 0 aliphatic carbocycles. The summed E-state index contributed by atoms with van der Waals surface area (Å²) in [5.74, 6) is 0.999. The number of primary amides is 1. The zero-order valence-corrected chi connectivity index (χ0v) is 19.3. The van der Waals surface area contributed by atoms with Crippen LogP contribution >= 0.6 is 11.6 Å². The third kappa shape index (κ3) is 4.72. The van der Waals surface area contributed by atoms with Crippen molar-refractivity contribution < 1.29 is 14.3 Å². The Kier molecular flexibility index (Phi) is 7.29. The number of ether oxygens (including phenoxy) is 2. The molecule has 6 heteroatoms. The molecule has 1 amide bonds. The first kappa shape index (κ1) is 22.8. The molecule has 1 aromatic heterocycles. The van der Waals surface area contributed by atoms with E-state index in [1.807, 2.05) is 49.4 Å². The van der Waals surface area contributed by atoms with Crippen molar-refractivity contribution in [2.24, 2.45) is 5.73 Å². The smallest absolute Gasteiger partial charge is 0.251 e. The van der Waals surface area contributed by atoms with Gasteiger partial charge in [0.15, 0.2) is 11.5 Å². The second kappa shape index (κ2) is 9.92. The molecule has 0 saturated heterocycles. The van der Waals surface area contributed by atoms with Crippen molar-refractivity contribution in [3.63, 3.8) is 0 Å². The molecule has 2 aromatic carbocycles. The van der Waals surface area contributed by atoms with Crippen LogP contribution in [0.25, 0.3) is 11.1 Å². The van der Waals surface area contributed by atoms with Crippen LogP contribution in [0.15, 0.2) is 42.5 Å². The summed E-state index contributed by atoms with van der Waals surface area (Å²) in [7, 11) is 3.26. The van der Waals surface area contributed by atoms with Gasteiger partial charge in [0, 0.05) is 28.5 Å². The molecule has 31 heavy (non-hydrogen) atoms. The van der Waals surface area contributed by atoms with Crippen molar-refractivity contribution in [2.75, 3.05) is 14.2 Å². The summed E-state index contributed by atoms with van der Waals surface area (Å²) in [6.45, 7) is 4.83. The van der Waals surface area contributed by atoms with E-state index in [9.17, 15) is 4.79 Å². The molecule has 0 bridgehead atoms. The van der Waals surface area contributed by atoms with Gasteiger partial charge in [0.05, 0.1) is 19.8 Å². The molecule has 0 unspecified atom stereocenters. The molecule has 0 aliphatic heterocycles. The number of aromatic nitrogens is 1. The maximum absolute atomic E-state index is 12.4. The number of nitrogens with two attached hydrogens (primary N) is 1. The third-order valence-corrected chi connectivity index (χ3v) is 5.82. The average molecular weight is 441 g/mol. The number of halogens is 1. The lowest BCUT2D eigenvalue weighted by Crippen LogP contribution is -2.14. The molecule has 0 spiro atoms. The quantitative estimate of drug-likeness (QED) is 0.482. The Hall–Kier alpha value is -2.92. The van der Waals surface area contributed by atoms with Crippen molar-refractivity contribution in [3.8, 4) is 22.6 Å². The van der Waals surface area contributed by atoms with Crippen LogP contribution in [0.5, 0.6) is 11.5 Å². The molecule has 3 aromatic rings. The molecule has 5 nitrogen and oxygen atoms in total. The number of hydrogen-bond donors (Lipinski definition) is 1. The Morgan fingerprint density at radius 1 is 1.03 bits per heavy atom. The molecular formula is C25H29ClN2O3. The zero-order valence-electron chi connectivity index (χ0n) is 18.5. The van der Waals surface area contributed by atoms with E-state index in [0.717, 1.165) is 53.9 Å². The Balaban J connectivity index is 2.04. The molecule has 1 heterocycles. The minimum atomic E-state index is -0.412. The van der Waals surface area contributed by atoms with Crippen LogP contribution in [0.2, 0.25) is 5.02 Å². The van der Waals surface area contributed by atoms with E-state index in [4.69, 9.17) is 26.8 Å². The summed E-state index contributed by atoms with van der Waals surface area (Å²) in [5.41, 5.74) is 11.4. The van der Waals surface area contributed by atoms with Gasteiger partial charge < -0.3 is 19.8 Å². The highest BCUT2D eigenvalue weighted by Gasteiger charge is 2.24. The van der Waals surface area contributed by atoms with Crippen LogP contribution in [0.1, 0.15) is 40.7 Å². The Morgan fingerprint density at radius 2 is 1.71 bits per heavy atom. The van der Waals surface area contributed by atoms with Crippen molar-refractivity contribution in [1.29, 1.82) is 0 Å². The Morgan fingerprint density at radius 3 is 2.29 bits per heavy atom. The lowest BCUT2D eigenvalue weighted by Gasteiger charge is -2.14. The minimum Gasteiger partial charge on any atom is -0.493 e. The lowest BCUT2D eigenvalue weighted by molar-refractivity contribution is 0.1000. The van der Waals surface area contributed by atoms with Crippen LogP contribution in [-0.2, 0) is 19.4 Å². The number of nitrogens with zero attached hydrogens (tertiary/aromatic N) is 1. The van der Waals surface area contributed by atoms with Gasteiger partial charge in [-0.05, 0) is 55.2 Å². The van der Waals surface area contributed by atoms with Gasteiger partial charge in [-0.3, -0.25) is 4.79 Å². The van der Waals surface area contributed by atoms with Crippen LogP contribution in [-0.4, -0.2) is 24.7 Å². The summed E-state index contributed by atoms with van der Waals surface area (Å²) >= 11 is 6.09. The van der Waals surface area contributed by atoms with Gasteiger partial charge in [0.2, 0.25) is 0 Å². The number of methoxy groups -OCH3 is 2. The second-order valence-corrected chi connectivity index (χ2v) is 7.93. The van der Waals surface area contributed by atoms with Gasteiger partial charge in [-0.15, -0.1) is 0 Å². The van der Waals surface area contributed by atoms with Crippen LogP contribution in [0, 0.1) is 6.92 Å². The monoisotopic (exact) mass is 440 g/mol. The maximum Gasteiger partial charge on any atom is 0.251 e. The highest BCUT2D eigenvalue weighted by molar-refractivity contribution is 6.30. The number of amides is 1. The van der Waals surface area contributed by atoms with Gasteiger partial charge in [0.1, 0.15) is 0 Å². The fourth-order valence-electron chi connectivity index (χ4n) is 4.10. The summed E-state index contributed by atoms with van der Waals surface area (Å²) < 4.78 is 13.0. The van der Waals surface area contributed by atoms with Gasteiger partial charge in [-0.1, -0.05) is 43.1 Å². The first-order chi connectivity index (χ1) is 14.9. The first-order valence-electron chi connectivity index (χ1n) is 10.4. The summed E-state index contributed by atoms with van der Waals surface area (Å²) in [6.07, 6.45) is 2.58. The average Bonchev–Trinajstić information content (AvgIpc) is 3.04. The molecule has 0 radical (unpaired) electrons. The Bertz CT molecular complexity index is 1070. The van der Waals surface area contributed by atoms with Crippen molar-refractivity contribution in [2.45, 2.75) is 39.7 Å². The number of carbonyl (C=O) groups is 1. The van der Waals surface area contributed by atoms with Gasteiger partial charge >= 0.3 is 0 Å². The van der Waals surface area contributed by atoms with Crippen molar-refractivity contribution >= 4 is 17.5 Å². The fourth-order valence-corrected chi connectivity index (χ4v) is 4.23. The van der Waals surface area contributed by atoms with Gasteiger partial charge in [0.25, 0.3) is 5.91 Å². The van der Waals surface area contributed by atoms with E-state index >= 15 is 0 Å². The van der Waals surface area contributed by atoms with Gasteiger partial charge in [-0.25, -0.2) is 0 Å². The normalized spacial score (nSPS) is 10.9. The fraction of sp³-hybridized carbons (Fsp3) is 0.320. The summed E-state index contributed by atoms with van der Waals surface area (Å²) in [4.78, 5) is 12.4. The number of aryl methyl sites for hydroxylation is 1. The first-order valence-corrected chi connectivity index (χ1v) is 10.8. The predicted octanol–water partition coefficient (Wildman–Crippen LogP) is 5.43. The standard InChI is InChI=1S/C25H29ClN2O3/c1-5-6-20-24(18-8-10-19(26)11-9-18)23(25(27)29)16(2)28(20)14-13-17-7-12-21(30-3)22(15-17)31-4/h7-12,15H,5-6,13-14H2,1-4H3,(H2,27,29). The van der Waals surface area contributed by atoms with E-state index in [0.29, 0.717) is 22.1 Å². The van der Waals surface area contributed by atoms with E-state index in [1.165, 1.54) is 0 Å². The van der Waals surface area contributed by atoms with E-state index in [2.05, 4.69) is 11.5 Å². The number of rotatable bonds is 9. The number of benzene rings is 2. The van der Waals surface area contributed by atoms with Crippen LogP contribution in [0.3, 0.4) is 0 Å². The summed E-state index contributed by atoms with van der Waals surface area (Å²) in [5, 5.41) is 0.658. The van der Waals surface area contributed by atoms with E-state index in [-0.39, 0.29) is 0 Å². The molecule has 164 valence electrons. The molecule has 0 atom stereocenters. The molecule has 2 N–H and O–H groups in total. The van der Waals surface area contributed by atoms with Crippen LogP contribution in [0.4, 0.5) is 0 Å². The highest BCUT2D eigenvalue weighted by Crippen LogP contribution is 2.35. The van der Waals surface area contributed by atoms with E-state index < -0.39 is 5.91 Å². The maximum atomic E-state index is 12.4. The van der Waals surface area contributed by atoms with Crippen molar-refractivity contribution in [1.82, 2.24) is 4.57 Å². The molecule has 0 fully saturated rings.